The topological polar surface area (TPSA) is 37.3 Å². The fourth-order valence-corrected chi connectivity index (χ4v) is 6.86. The Hall–Kier alpha value is -0.530. The summed E-state index contributed by atoms with van der Waals surface area (Å²) in [5.41, 5.74) is 0. The van der Waals surface area contributed by atoms with E-state index in [9.17, 15) is 4.79 Å². The lowest BCUT2D eigenvalue weighted by Crippen LogP contribution is -1.93. The zero-order valence-electron chi connectivity index (χ0n) is 33.3. The van der Waals surface area contributed by atoms with Gasteiger partial charge in [-0.25, -0.2) is 0 Å². The molecule has 0 aliphatic heterocycles. The van der Waals surface area contributed by atoms with Gasteiger partial charge in [0.25, 0.3) is 0 Å². The zero-order valence-corrected chi connectivity index (χ0v) is 33.3. The minimum absolute atomic E-state index is 0.346. The molecule has 0 fully saturated rings. The van der Waals surface area contributed by atoms with Crippen LogP contribution in [0.5, 0.6) is 0 Å². The number of unbranched alkanes of at least 4 members (excludes halogenated alkanes) is 38. The van der Waals surface area contributed by atoms with E-state index in [1.165, 1.54) is 244 Å². The summed E-state index contributed by atoms with van der Waals surface area (Å²) in [5, 5.41) is 8.57. The molecule has 284 valence electrons. The van der Waals surface area contributed by atoms with Crippen LogP contribution in [0.3, 0.4) is 0 Å². The maximum atomic E-state index is 10.4. The van der Waals surface area contributed by atoms with Crippen LogP contribution in [0.1, 0.15) is 284 Å². The van der Waals surface area contributed by atoms with E-state index in [-0.39, 0.29) is 0 Å². The van der Waals surface area contributed by atoms with E-state index in [0.717, 1.165) is 12.8 Å². The van der Waals surface area contributed by atoms with E-state index in [4.69, 9.17) is 5.11 Å². The van der Waals surface area contributed by atoms with E-state index >= 15 is 0 Å². The number of rotatable bonds is 40. The second kappa shape index (κ2) is 47.6. The third-order valence-corrected chi connectivity index (χ3v) is 10.2. The molecule has 0 radical (unpaired) electrons. The van der Waals surface area contributed by atoms with Gasteiger partial charge in [-0.1, -0.05) is 271 Å². The Balaban J connectivity index is 0. The number of hydrogen-bond donors (Lipinski definition) is 1. The van der Waals surface area contributed by atoms with Crippen LogP contribution < -0.4 is 0 Å². The summed E-state index contributed by atoms with van der Waals surface area (Å²) in [6.45, 7) is 6.88. The van der Waals surface area contributed by atoms with Gasteiger partial charge in [0.1, 0.15) is 0 Å². The summed E-state index contributed by atoms with van der Waals surface area (Å²) in [6, 6.07) is 0. The highest BCUT2D eigenvalue weighted by Crippen LogP contribution is 2.16. The molecule has 0 aliphatic carbocycles. The van der Waals surface area contributed by atoms with Crippen LogP contribution in [0.4, 0.5) is 0 Å². The molecular formula is C45H92O2. The maximum Gasteiger partial charge on any atom is 0.303 e. The third kappa shape index (κ3) is 52.5. The van der Waals surface area contributed by atoms with Crippen molar-refractivity contribution in [3.05, 3.63) is 0 Å². The molecule has 0 rings (SSSR count). The molecule has 0 amide bonds. The zero-order chi connectivity index (χ0) is 34.6. The first kappa shape index (κ1) is 48.6. The van der Waals surface area contributed by atoms with Crippen molar-refractivity contribution in [1.82, 2.24) is 0 Å². The Kier molecular flexibility index (Phi) is 49.2. The molecule has 0 aromatic heterocycles. The molecule has 0 heterocycles. The normalized spacial score (nSPS) is 11.1. The van der Waals surface area contributed by atoms with Gasteiger partial charge in [0.2, 0.25) is 0 Å². The van der Waals surface area contributed by atoms with Gasteiger partial charge in [-0.05, 0) is 6.42 Å². The fraction of sp³-hybridized carbons (Fsp3) is 0.978. The first-order valence-electron chi connectivity index (χ1n) is 22.4. The van der Waals surface area contributed by atoms with Gasteiger partial charge in [0.05, 0.1) is 0 Å². The molecule has 0 bridgehead atoms. The average molecular weight is 665 g/mol. The van der Waals surface area contributed by atoms with E-state index in [0.29, 0.717) is 6.42 Å². The first-order chi connectivity index (χ1) is 23.2. The summed E-state index contributed by atoms with van der Waals surface area (Å²) < 4.78 is 0. The number of aliphatic carboxylic acids is 1. The molecule has 1 N–H and O–H groups in total. The summed E-state index contributed by atoms with van der Waals surface area (Å²) in [7, 11) is 0. The van der Waals surface area contributed by atoms with Crippen LogP contribution >= 0.6 is 0 Å². The van der Waals surface area contributed by atoms with Crippen LogP contribution in [-0.2, 0) is 4.79 Å². The predicted molar refractivity (Wildman–Crippen MR) is 214 cm³/mol. The Bertz CT molecular complexity index is 512. The molecule has 2 heteroatoms. The quantitative estimate of drug-likeness (QED) is 0.0662. The molecule has 0 aromatic carbocycles. The third-order valence-electron chi connectivity index (χ3n) is 10.2. The fourth-order valence-electron chi connectivity index (χ4n) is 6.86. The molecule has 0 saturated carbocycles. The van der Waals surface area contributed by atoms with Crippen molar-refractivity contribution in [3.63, 3.8) is 0 Å². The van der Waals surface area contributed by atoms with Crippen LogP contribution in [-0.4, -0.2) is 11.1 Å². The number of carboxylic acid groups (broad SMARTS) is 1. The highest BCUT2D eigenvalue weighted by atomic mass is 16.4. The standard InChI is InChI=1S/C24H48O2.C21H44/c1-2-3-4-5-6-7-8-9-10-11-12-13-14-15-16-17-18-19-20-21-22-23-24(25)26;1-3-5-7-9-11-13-15-17-19-21-20-18-16-14-12-10-8-6-4-2/h2-23H2,1H3,(H,25,26);3-21H2,1-2H3. The van der Waals surface area contributed by atoms with Gasteiger partial charge in [-0.3, -0.25) is 4.79 Å². The number of carboxylic acids is 1. The van der Waals surface area contributed by atoms with Crippen LogP contribution in [0.25, 0.3) is 0 Å². The van der Waals surface area contributed by atoms with Gasteiger partial charge < -0.3 is 5.11 Å². The minimum atomic E-state index is -0.650. The molecule has 47 heavy (non-hydrogen) atoms. The molecule has 0 unspecified atom stereocenters. The Morgan fingerprint density at radius 2 is 0.383 bits per heavy atom. The van der Waals surface area contributed by atoms with Gasteiger partial charge in [0.15, 0.2) is 0 Å². The van der Waals surface area contributed by atoms with Crippen molar-refractivity contribution < 1.29 is 9.90 Å². The lowest BCUT2D eigenvalue weighted by Gasteiger charge is -2.04. The lowest BCUT2D eigenvalue weighted by atomic mass is 10.0. The van der Waals surface area contributed by atoms with E-state index in [1.807, 2.05) is 0 Å². The molecule has 0 aliphatic rings. The number of carbonyl (C=O) groups is 1. The molecule has 0 spiro atoms. The summed E-state index contributed by atoms with van der Waals surface area (Å²) in [6.07, 6.45) is 57.0. The van der Waals surface area contributed by atoms with Crippen molar-refractivity contribution in [2.75, 3.05) is 0 Å². The van der Waals surface area contributed by atoms with Crippen LogP contribution in [0, 0.1) is 0 Å². The van der Waals surface area contributed by atoms with Gasteiger partial charge in [-0.15, -0.1) is 0 Å². The van der Waals surface area contributed by atoms with Crippen molar-refractivity contribution in [2.24, 2.45) is 0 Å². The van der Waals surface area contributed by atoms with Gasteiger partial charge in [0, 0.05) is 6.42 Å². The highest BCUT2D eigenvalue weighted by molar-refractivity contribution is 5.66. The monoisotopic (exact) mass is 665 g/mol. The van der Waals surface area contributed by atoms with Gasteiger partial charge >= 0.3 is 5.97 Å². The van der Waals surface area contributed by atoms with Crippen molar-refractivity contribution in [1.29, 1.82) is 0 Å². The maximum absolute atomic E-state index is 10.4. The smallest absolute Gasteiger partial charge is 0.303 e. The highest BCUT2D eigenvalue weighted by Gasteiger charge is 1.98. The average Bonchev–Trinajstić information content (AvgIpc) is 3.07. The Morgan fingerprint density at radius 3 is 0.511 bits per heavy atom. The lowest BCUT2D eigenvalue weighted by molar-refractivity contribution is -0.137. The van der Waals surface area contributed by atoms with Crippen LogP contribution in [0.15, 0.2) is 0 Å². The largest absolute Gasteiger partial charge is 0.481 e. The molecule has 0 saturated heterocycles. The van der Waals surface area contributed by atoms with Crippen molar-refractivity contribution in [3.8, 4) is 0 Å². The van der Waals surface area contributed by atoms with E-state index < -0.39 is 5.97 Å². The van der Waals surface area contributed by atoms with Gasteiger partial charge in [-0.2, -0.15) is 0 Å². The van der Waals surface area contributed by atoms with Crippen LogP contribution in [0.2, 0.25) is 0 Å². The molecule has 2 nitrogen and oxygen atoms in total. The second-order valence-corrected chi connectivity index (χ2v) is 15.2. The minimum Gasteiger partial charge on any atom is -0.481 e. The SMILES string of the molecule is CCCCCCCCCCCCCCCCCCCCC.CCCCCCCCCCCCCCCCCCCCCCCC(=O)O. The Labute approximate surface area is 299 Å². The van der Waals surface area contributed by atoms with E-state index in [1.54, 1.807) is 0 Å². The predicted octanol–water partition coefficient (Wildman–Crippen LogP) is 17.1. The Morgan fingerprint density at radius 1 is 0.255 bits per heavy atom. The molecular weight excluding hydrogens is 572 g/mol. The van der Waals surface area contributed by atoms with E-state index in [2.05, 4.69) is 20.8 Å². The van der Waals surface area contributed by atoms with Crippen molar-refractivity contribution >= 4 is 5.97 Å². The molecule has 0 atom stereocenters. The van der Waals surface area contributed by atoms with Crippen molar-refractivity contribution in [2.45, 2.75) is 284 Å². The molecule has 0 aromatic rings. The first-order valence-corrected chi connectivity index (χ1v) is 22.4. The summed E-state index contributed by atoms with van der Waals surface area (Å²) in [4.78, 5) is 10.4. The second-order valence-electron chi connectivity index (χ2n) is 15.2. The summed E-state index contributed by atoms with van der Waals surface area (Å²) >= 11 is 0. The number of hydrogen-bond acceptors (Lipinski definition) is 1. The summed E-state index contributed by atoms with van der Waals surface area (Å²) in [5.74, 6) is -0.650.